The molecule has 1 saturated heterocycles. The summed E-state index contributed by atoms with van der Waals surface area (Å²) in [5, 5.41) is 3.96. The van der Waals surface area contributed by atoms with E-state index in [0.717, 1.165) is 58.7 Å². The summed E-state index contributed by atoms with van der Waals surface area (Å²) in [6, 6.07) is 14.0. The number of aromatic nitrogens is 2. The van der Waals surface area contributed by atoms with Crippen LogP contribution < -0.4 is 19.7 Å². The molecule has 7 nitrogen and oxygen atoms in total. The molecule has 4 rings (SSSR count). The number of piperidine rings is 1. The summed E-state index contributed by atoms with van der Waals surface area (Å²) in [6.45, 7) is 4.02. The van der Waals surface area contributed by atoms with Gasteiger partial charge in [-0.25, -0.2) is 9.97 Å². The van der Waals surface area contributed by atoms with Gasteiger partial charge in [0.25, 0.3) is 0 Å². The Kier molecular flexibility index (Phi) is 7.90. The predicted molar refractivity (Wildman–Crippen MR) is 134 cm³/mol. The summed E-state index contributed by atoms with van der Waals surface area (Å²) >= 11 is 1.62. The monoisotopic (exact) mass is 478 g/mol. The standard InChI is InChI=1S/C26H30N4O3S/c1-18-5-4-6-22(15-18)34-26-24(27-11-12-28-26)30-13-9-19(10-14-30)25(31)29-17-20-16-21(32-2)7-8-23(20)33-3/h4-8,11-12,15-16,19H,9-10,13-14,17H2,1-3H3,(H,29,31). The van der Waals surface area contributed by atoms with E-state index in [1.807, 2.05) is 18.2 Å². The molecule has 0 radical (unpaired) electrons. The Morgan fingerprint density at radius 3 is 2.62 bits per heavy atom. The first kappa shape index (κ1) is 23.9. The van der Waals surface area contributed by atoms with Gasteiger partial charge < -0.3 is 19.7 Å². The number of aryl methyl sites for hydroxylation is 1. The van der Waals surface area contributed by atoms with Crippen LogP contribution in [0.1, 0.15) is 24.0 Å². The van der Waals surface area contributed by atoms with Gasteiger partial charge in [-0.3, -0.25) is 4.79 Å². The number of nitrogens with one attached hydrogen (secondary N) is 1. The molecule has 0 unspecified atom stereocenters. The molecule has 0 aliphatic carbocycles. The van der Waals surface area contributed by atoms with Crippen molar-refractivity contribution < 1.29 is 14.3 Å². The van der Waals surface area contributed by atoms with Gasteiger partial charge in [0.15, 0.2) is 5.82 Å². The van der Waals surface area contributed by atoms with Crippen LogP contribution in [0.3, 0.4) is 0 Å². The zero-order chi connectivity index (χ0) is 23.9. The van der Waals surface area contributed by atoms with Crippen molar-refractivity contribution in [3.8, 4) is 11.5 Å². The average molecular weight is 479 g/mol. The van der Waals surface area contributed by atoms with Crippen LogP contribution in [0.4, 0.5) is 5.82 Å². The van der Waals surface area contributed by atoms with Crippen LogP contribution in [0.2, 0.25) is 0 Å². The fourth-order valence-corrected chi connectivity index (χ4v) is 5.10. The Labute approximate surface area is 204 Å². The highest BCUT2D eigenvalue weighted by Gasteiger charge is 2.27. The minimum absolute atomic E-state index is 0.0302. The molecule has 8 heteroatoms. The number of ether oxygens (including phenoxy) is 2. The van der Waals surface area contributed by atoms with Gasteiger partial charge in [0, 0.05) is 48.4 Å². The molecule has 34 heavy (non-hydrogen) atoms. The molecule has 178 valence electrons. The summed E-state index contributed by atoms with van der Waals surface area (Å²) in [5.41, 5.74) is 2.11. The molecule has 1 aliphatic heterocycles. The van der Waals surface area contributed by atoms with Crippen LogP contribution >= 0.6 is 11.8 Å². The second-order valence-corrected chi connectivity index (χ2v) is 9.32. The Morgan fingerprint density at radius 1 is 1.09 bits per heavy atom. The van der Waals surface area contributed by atoms with E-state index in [4.69, 9.17) is 9.47 Å². The number of hydrogen-bond acceptors (Lipinski definition) is 7. The lowest BCUT2D eigenvalue weighted by molar-refractivity contribution is -0.125. The zero-order valence-corrected chi connectivity index (χ0v) is 20.6. The number of amides is 1. The lowest BCUT2D eigenvalue weighted by Crippen LogP contribution is -2.41. The van der Waals surface area contributed by atoms with Gasteiger partial charge in [0.2, 0.25) is 5.91 Å². The molecule has 1 amide bonds. The maximum absolute atomic E-state index is 12.9. The summed E-state index contributed by atoms with van der Waals surface area (Å²) in [6.07, 6.45) is 5.00. The van der Waals surface area contributed by atoms with Crippen LogP contribution in [-0.4, -0.2) is 43.2 Å². The minimum atomic E-state index is -0.0302. The molecular weight excluding hydrogens is 448 g/mol. The Bertz CT molecular complexity index is 1130. The fraction of sp³-hybridized carbons (Fsp3) is 0.346. The molecule has 1 fully saturated rings. The average Bonchev–Trinajstić information content (AvgIpc) is 2.87. The lowest BCUT2D eigenvalue weighted by Gasteiger charge is -2.32. The van der Waals surface area contributed by atoms with Gasteiger partial charge in [0.1, 0.15) is 16.5 Å². The number of carbonyl (C=O) groups is 1. The second-order valence-electron chi connectivity index (χ2n) is 8.26. The summed E-state index contributed by atoms with van der Waals surface area (Å²) in [4.78, 5) is 25.5. The largest absolute Gasteiger partial charge is 0.497 e. The SMILES string of the molecule is COc1ccc(OC)c(CNC(=O)C2CCN(c3nccnc3Sc3cccc(C)c3)CC2)c1. The molecule has 2 heterocycles. The quantitative estimate of drug-likeness (QED) is 0.511. The predicted octanol–water partition coefficient (Wildman–Crippen LogP) is 4.49. The fourth-order valence-electron chi connectivity index (χ4n) is 4.10. The second kappa shape index (κ2) is 11.2. The first-order valence-corrected chi connectivity index (χ1v) is 12.2. The number of hydrogen-bond donors (Lipinski definition) is 1. The van der Waals surface area contributed by atoms with Crippen LogP contribution in [0, 0.1) is 12.8 Å². The van der Waals surface area contributed by atoms with E-state index in [1.54, 1.807) is 38.4 Å². The van der Waals surface area contributed by atoms with Crippen molar-refractivity contribution in [3.63, 3.8) is 0 Å². The van der Waals surface area contributed by atoms with Crippen LogP contribution in [-0.2, 0) is 11.3 Å². The van der Waals surface area contributed by atoms with Gasteiger partial charge >= 0.3 is 0 Å². The molecule has 0 spiro atoms. The molecule has 1 N–H and O–H groups in total. The number of benzene rings is 2. The van der Waals surface area contributed by atoms with Crippen LogP contribution in [0.15, 0.2) is 64.8 Å². The van der Waals surface area contributed by atoms with Crippen LogP contribution in [0.5, 0.6) is 11.5 Å². The molecule has 1 aromatic heterocycles. The molecule has 3 aromatic rings. The highest BCUT2D eigenvalue weighted by molar-refractivity contribution is 7.99. The highest BCUT2D eigenvalue weighted by atomic mass is 32.2. The third-order valence-electron chi connectivity index (χ3n) is 5.96. The van der Waals surface area contributed by atoms with Crippen molar-refractivity contribution in [3.05, 3.63) is 66.0 Å². The molecule has 0 saturated carbocycles. The normalized spacial score (nSPS) is 14.0. The van der Waals surface area contributed by atoms with Crippen molar-refractivity contribution in [1.82, 2.24) is 15.3 Å². The Morgan fingerprint density at radius 2 is 1.88 bits per heavy atom. The summed E-state index contributed by atoms with van der Waals surface area (Å²) in [5.74, 6) is 2.39. The van der Waals surface area contributed by atoms with E-state index in [1.165, 1.54) is 5.56 Å². The van der Waals surface area contributed by atoms with Crippen molar-refractivity contribution in [2.24, 2.45) is 5.92 Å². The van der Waals surface area contributed by atoms with Gasteiger partial charge in [-0.2, -0.15) is 0 Å². The number of nitrogens with zero attached hydrogens (tertiary/aromatic N) is 3. The van der Waals surface area contributed by atoms with Crippen molar-refractivity contribution in [2.45, 2.75) is 36.2 Å². The van der Waals surface area contributed by atoms with Gasteiger partial charge in [-0.05, 0) is 50.1 Å². The van der Waals surface area contributed by atoms with Gasteiger partial charge in [-0.1, -0.05) is 29.5 Å². The maximum Gasteiger partial charge on any atom is 0.223 e. The first-order valence-electron chi connectivity index (χ1n) is 11.4. The first-order chi connectivity index (χ1) is 16.6. The third kappa shape index (κ3) is 5.80. The lowest BCUT2D eigenvalue weighted by atomic mass is 9.96. The van der Waals surface area contributed by atoms with Gasteiger partial charge in [-0.15, -0.1) is 0 Å². The topological polar surface area (TPSA) is 76.6 Å². The molecule has 0 atom stereocenters. The van der Waals surface area contributed by atoms with E-state index < -0.39 is 0 Å². The van der Waals surface area contributed by atoms with Crippen molar-refractivity contribution in [2.75, 3.05) is 32.2 Å². The van der Waals surface area contributed by atoms with Gasteiger partial charge in [0.05, 0.1) is 14.2 Å². The van der Waals surface area contributed by atoms with E-state index in [2.05, 4.69) is 51.4 Å². The van der Waals surface area contributed by atoms with E-state index in [0.29, 0.717) is 6.54 Å². The number of rotatable bonds is 8. The van der Waals surface area contributed by atoms with E-state index >= 15 is 0 Å². The molecule has 2 aromatic carbocycles. The van der Waals surface area contributed by atoms with Crippen LogP contribution in [0.25, 0.3) is 0 Å². The highest BCUT2D eigenvalue weighted by Crippen LogP contribution is 2.34. The molecule has 1 aliphatic rings. The third-order valence-corrected chi connectivity index (χ3v) is 6.93. The molecular formula is C26H30N4O3S. The Hall–Kier alpha value is -3.26. The number of methoxy groups -OCH3 is 2. The smallest absolute Gasteiger partial charge is 0.223 e. The van der Waals surface area contributed by atoms with E-state index in [9.17, 15) is 4.79 Å². The van der Waals surface area contributed by atoms with Crippen molar-refractivity contribution in [1.29, 1.82) is 0 Å². The van der Waals surface area contributed by atoms with E-state index in [-0.39, 0.29) is 11.8 Å². The summed E-state index contributed by atoms with van der Waals surface area (Å²) < 4.78 is 10.7. The van der Waals surface area contributed by atoms with Crippen molar-refractivity contribution >= 4 is 23.5 Å². The number of anilines is 1. The molecule has 0 bridgehead atoms. The Balaban J connectivity index is 1.35. The minimum Gasteiger partial charge on any atom is -0.497 e. The maximum atomic E-state index is 12.9. The number of carbonyl (C=O) groups excluding carboxylic acids is 1. The summed E-state index contributed by atoms with van der Waals surface area (Å²) in [7, 11) is 3.25. The zero-order valence-electron chi connectivity index (χ0n) is 19.8.